The fraction of sp³-hybridized carbons (Fsp3) is 0.648. The molecule has 0 spiro atoms. The van der Waals surface area contributed by atoms with Crippen molar-refractivity contribution in [2.75, 3.05) is 0 Å². The number of benzene rings is 2. The highest BCUT2D eigenvalue weighted by Gasteiger charge is 2.60. The van der Waals surface area contributed by atoms with E-state index in [2.05, 4.69) is 185 Å². The van der Waals surface area contributed by atoms with Crippen molar-refractivity contribution in [2.45, 2.75) is 212 Å². The van der Waals surface area contributed by atoms with Gasteiger partial charge < -0.3 is 0 Å². The maximum Gasteiger partial charge on any atom is -0.00174 e. The van der Waals surface area contributed by atoms with E-state index in [4.69, 9.17) is 0 Å². The van der Waals surface area contributed by atoms with Crippen molar-refractivity contribution in [1.29, 1.82) is 0 Å². The van der Waals surface area contributed by atoms with Gasteiger partial charge in [-0.05, 0) is 312 Å². The van der Waals surface area contributed by atoms with Gasteiger partial charge in [-0.15, -0.1) is 0 Å². The molecule has 11 fully saturated rings. The van der Waals surface area contributed by atoms with E-state index in [9.17, 15) is 0 Å². The first-order valence-electron chi connectivity index (χ1n) is 39.8. The minimum atomic E-state index is 0.816. The fourth-order valence-electron chi connectivity index (χ4n) is 26.1. The highest BCUT2D eigenvalue weighted by atomic mass is 14.6. The van der Waals surface area contributed by atoms with Gasteiger partial charge >= 0.3 is 0 Å². The van der Waals surface area contributed by atoms with Crippen LogP contribution in [0.2, 0.25) is 0 Å². The van der Waals surface area contributed by atoms with E-state index >= 15 is 0 Å². The van der Waals surface area contributed by atoms with Gasteiger partial charge in [-0.25, -0.2) is 0 Å². The molecule has 0 heteroatoms. The maximum absolute atomic E-state index is 2.53. The van der Waals surface area contributed by atoms with Crippen molar-refractivity contribution in [3.63, 3.8) is 0 Å². The Balaban J connectivity index is 0.0000000855. The molecule has 28 atom stereocenters. The van der Waals surface area contributed by atoms with Crippen LogP contribution in [0.15, 0.2) is 175 Å². The Bertz CT molecular complexity index is 3100. The van der Waals surface area contributed by atoms with Crippen LogP contribution in [0.3, 0.4) is 0 Å². The maximum atomic E-state index is 2.53. The second-order valence-electron chi connectivity index (χ2n) is 34.5. The molecule has 2 aromatic rings. The molecule has 0 heterocycles. The van der Waals surface area contributed by atoms with Crippen LogP contribution >= 0.6 is 0 Å². The number of rotatable bonds is 12. The zero-order valence-electron chi connectivity index (χ0n) is 57.1. The normalized spacial score (nSPS) is 45.4. The van der Waals surface area contributed by atoms with Gasteiger partial charge in [0, 0.05) is 0 Å². The van der Waals surface area contributed by atoms with E-state index in [1.165, 1.54) is 161 Å². The standard InChI is InChI=1S/C19H34.C14H18.C14H14.C13H14.C12H16.C10H12.C9H12/c1-2-3-4-5-6-7-8-9-10-11-12-18-15-17-13-14-19(18)16-17;1-2-8-5-11-7-12(8)14-10-4-3-9(6-10)13(11)14;1-2-4-12-9(3-1)8-13-10-5-6-11(7-10)14(12)13;1-2-4-11(5-3-1)13-9-10-6-7-12(13)8-10;1-2-8-5-7(1)11-9-3-4-10(6-9)12(8)11;1-2-9-7-4-5-8(6-7)10(9)3-1;1-2-8-5-7-3-4-9(8)6-7/h13-14,17-19H,2-12,15-16H2,1H3;2-4,9-14H,5-7H2,1H3;1-6,10-11,13-14H,7-8H2;1-7,10,12-13H,8-9H2;1-2,7-12H,3-6H2;1-2,4-5,7-10H,3,6H2;2-4,7,9H,5-6H2,1H3/b;8-2+;;;;;8-2+. The van der Waals surface area contributed by atoms with Gasteiger partial charge in [0.1, 0.15) is 0 Å². The molecule has 0 N–H and O–H groups in total. The number of fused-ring (bicyclic) bond motifs is 36. The molecule has 20 aliphatic carbocycles. The third-order valence-electron chi connectivity index (χ3n) is 30.0. The first-order valence-corrected chi connectivity index (χ1v) is 39.8. The molecule has 484 valence electrons. The van der Waals surface area contributed by atoms with E-state index in [0.29, 0.717) is 0 Å². The highest BCUT2D eigenvalue weighted by molar-refractivity contribution is 5.42. The monoisotopic (exact) mass is 1210 g/mol. The molecule has 20 aliphatic rings. The molecule has 11 saturated carbocycles. The Morgan fingerprint density at radius 3 is 1.59 bits per heavy atom. The Hall–Kier alpha value is -4.16. The Morgan fingerprint density at radius 2 is 0.967 bits per heavy atom. The van der Waals surface area contributed by atoms with Gasteiger partial charge in [0.15, 0.2) is 0 Å². The smallest absolute Gasteiger partial charge is 0.00174 e. The lowest BCUT2D eigenvalue weighted by Gasteiger charge is -2.33. The van der Waals surface area contributed by atoms with Gasteiger partial charge in [0.05, 0.1) is 0 Å². The summed E-state index contributed by atoms with van der Waals surface area (Å²) in [4.78, 5) is 0. The topological polar surface area (TPSA) is 0 Å². The molecule has 2 aromatic carbocycles. The third-order valence-corrected chi connectivity index (χ3v) is 30.0. The quantitative estimate of drug-likeness (QED) is 0.113. The first-order chi connectivity index (χ1) is 44.9. The molecule has 0 saturated heterocycles. The molecule has 18 bridgehead atoms. The summed E-state index contributed by atoms with van der Waals surface area (Å²) < 4.78 is 0. The van der Waals surface area contributed by atoms with Gasteiger partial charge in [-0.1, -0.05) is 246 Å². The van der Waals surface area contributed by atoms with Crippen LogP contribution in [0.25, 0.3) is 0 Å². The largest absolute Gasteiger partial charge is 0.0882 e. The van der Waals surface area contributed by atoms with Gasteiger partial charge in [0.25, 0.3) is 0 Å². The molecule has 0 amide bonds. The van der Waals surface area contributed by atoms with Gasteiger partial charge in [0.2, 0.25) is 0 Å². The van der Waals surface area contributed by atoms with Crippen molar-refractivity contribution >= 4 is 0 Å². The average molecular weight is 1210 g/mol. The summed E-state index contributed by atoms with van der Waals surface area (Å²) >= 11 is 0. The number of unbranched alkanes of at least 4 members (excludes halogenated alkanes) is 9. The van der Waals surface area contributed by atoms with Crippen LogP contribution in [0.4, 0.5) is 0 Å². The molecule has 0 aliphatic heterocycles. The number of hydrogen-bond donors (Lipinski definition) is 0. The van der Waals surface area contributed by atoms with Crippen molar-refractivity contribution in [2.24, 2.45) is 154 Å². The molecular formula is C91H120. The lowest BCUT2D eigenvalue weighted by atomic mass is 9.71. The number of hydrogen-bond acceptors (Lipinski definition) is 0. The van der Waals surface area contributed by atoms with Crippen LogP contribution in [-0.2, 0) is 6.42 Å². The lowest BCUT2D eigenvalue weighted by Crippen LogP contribution is -2.26. The van der Waals surface area contributed by atoms with Crippen molar-refractivity contribution in [3.05, 3.63) is 192 Å². The van der Waals surface area contributed by atoms with Crippen LogP contribution in [-0.4, -0.2) is 0 Å². The molecule has 0 nitrogen and oxygen atoms in total. The highest BCUT2D eigenvalue weighted by Crippen LogP contribution is 2.68. The van der Waals surface area contributed by atoms with Crippen LogP contribution in [0.1, 0.15) is 223 Å². The van der Waals surface area contributed by atoms with Crippen molar-refractivity contribution < 1.29 is 0 Å². The van der Waals surface area contributed by atoms with Gasteiger partial charge in [-0.3, -0.25) is 0 Å². The molecule has 22 rings (SSSR count). The van der Waals surface area contributed by atoms with Crippen molar-refractivity contribution in [3.8, 4) is 0 Å². The van der Waals surface area contributed by atoms with E-state index in [0.717, 1.165) is 166 Å². The minimum absolute atomic E-state index is 0.816. The first kappa shape index (κ1) is 61.7. The summed E-state index contributed by atoms with van der Waals surface area (Å²) in [5.74, 6) is 27.5. The zero-order valence-corrected chi connectivity index (χ0v) is 57.1. The van der Waals surface area contributed by atoms with Crippen LogP contribution in [0, 0.1) is 154 Å². The van der Waals surface area contributed by atoms with E-state index < -0.39 is 0 Å². The Kier molecular flexibility index (Phi) is 18.7. The van der Waals surface area contributed by atoms with Crippen LogP contribution in [0.5, 0.6) is 0 Å². The van der Waals surface area contributed by atoms with Crippen LogP contribution < -0.4 is 0 Å². The summed E-state index contributed by atoms with van der Waals surface area (Å²) in [5, 5.41) is 0. The fourth-order valence-corrected chi connectivity index (χ4v) is 26.1. The average Bonchev–Trinajstić information content (AvgIpc) is 1.60. The zero-order chi connectivity index (χ0) is 60.9. The number of allylic oxidation sites excluding steroid dienone is 20. The van der Waals surface area contributed by atoms with Gasteiger partial charge in [-0.2, -0.15) is 0 Å². The summed E-state index contributed by atoms with van der Waals surface area (Å²) in [5.41, 5.74) is 8.30. The summed E-state index contributed by atoms with van der Waals surface area (Å²) in [6.07, 6.45) is 85.1. The second-order valence-corrected chi connectivity index (χ2v) is 34.5. The van der Waals surface area contributed by atoms with E-state index in [-0.39, 0.29) is 0 Å². The molecule has 0 aromatic heterocycles. The SMILES string of the molecule is C/C=C1\CC2C=CC1C2.C/C=C1\CC2CC1C1C3C=CC(C3)C21.C1=CC2C3C=CC(C3)C2C1.C1=CC2CC1C1C3CCC(C3)C21.C1=CC2CC1C1Cc3ccccc3C21.C1=CC2CC1CC2c1ccccc1.CCCCCCCCCCCCC1CC2C=CC1C2. The third kappa shape index (κ3) is 12.4. The predicted molar refractivity (Wildman–Crippen MR) is 384 cm³/mol. The minimum Gasteiger partial charge on any atom is -0.0882 e. The Labute approximate surface area is 554 Å². The summed E-state index contributed by atoms with van der Waals surface area (Å²) in [7, 11) is 0. The molecule has 28 unspecified atom stereocenters. The predicted octanol–water partition coefficient (Wildman–Crippen LogP) is 24.2. The summed E-state index contributed by atoms with van der Waals surface area (Å²) in [6, 6.07) is 20.1. The molecular weight excluding hydrogens is 1090 g/mol. The summed E-state index contributed by atoms with van der Waals surface area (Å²) in [6.45, 7) is 6.70. The van der Waals surface area contributed by atoms with E-state index in [1.807, 2.05) is 0 Å². The molecule has 0 radical (unpaired) electrons. The van der Waals surface area contributed by atoms with Crippen molar-refractivity contribution in [1.82, 2.24) is 0 Å². The lowest BCUT2D eigenvalue weighted by molar-refractivity contribution is 0.206. The molecule has 91 heavy (non-hydrogen) atoms. The Morgan fingerprint density at radius 1 is 0.385 bits per heavy atom. The second kappa shape index (κ2) is 27.5. The van der Waals surface area contributed by atoms with E-state index in [1.54, 1.807) is 47.1 Å².